The molecule has 2 rings (SSSR count). The molecule has 0 heterocycles. The lowest BCUT2D eigenvalue weighted by atomic mass is 9.80. The van der Waals surface area contributed by atoms with Gasteiger partial charge in [0.25, 0.3) is 0 Å². The van der Waals surface area contributed by atoms with Crippen molar-refractivity contribution in [2.24, 2.45) is 0 Å². The highest BCUT2D eigenvalue weighted by atomic mass is 16.1. The maximum absolute atomic E-state index is 12.6. The highest BCUT2D eigenvalue weighted by Gasteiger charge is 2.31. The van der Waals surface area contributed by atoms with E-state index in [-0.39, 0.29) is 48.8 Å². The lowest BCUT2D eigenvalue weighted by molar-refractivity contribution is -0.117. The molecule has 0 spiro atoms. The van der Waals surface area contributed by atoms with Gasteiger partial charge in [-0.05, 0) is 26.7 Å². The van der Waals surface area contributed by atoms with Crippen LogP contribution in [0.5, 0.6) is 0 Å². The first-order valence-electron chi connectivity index (χ1n) is 7.31. The van der Waals surface area contributed by atoms with Gasteiger partial charge in [0.15, 0.2) is 11.6 Å². The zero-order valence-corrected chi connectivity index (χ0v) is 12.8. The lowest BCUT2D eigenvalue weighted by Gasteiger charge is -2.20. The van der Waals surface area contributed by atoms with Gasteiger partial charge in [0.1, 0.15) is 11.6 Å². The van der Waals surface area contributed by atoms with Gasteiger partial charge >= 0.3 is 0 Å². The van der Waals surface area contributed by atoms with Gasteiger partial charge < -0.3 is 9.59 Å². The highest BCUT2D eigenvalue weighted by molar-refractivity contribution is 6.27. The summed E-state index contributed by atoms with van der Waals surface area (Å²) >= 11 is 0. The molecule has 22 heavy (non-hydrogen) atoms. The SMILES string of the molecule is CC(=O)CCC1=C(CCC(C)=O)C(=O)c2ccccc2C1=O. The Morgan fingerprint density at radius 3 is 1.45 bits per heavy atom. The summed E-state index contributed by atoms with van der Waals surface area (Å²) in [5, 5.41) is 0. The number of hydrogen-bond acceptors (Lipinski definition) is 4. The minimum absolute atomic E-state index is 0.0301. The summed E-state index contributed by atoms with van der Waals surface area (Å²) in [6, 6.07) is 6.69. The topological polar surface area (TPSA) is 68.3 Å². The van der Waals surface area contributed by atoms with Crippen LogP contribution in [0.2, 0.25) is 0 Å². The minimum atomic E-state index is -0.199. The summed E-state index contributed by atoms with van der Waals surface area (Å²) in [5.74, 6) is -0.458. The van der Waals surface area contributed by atoms with Gasteiger partial charge in [-0.2, -0.15) is 0 Å². The molecule has 0 amide bonds. The molecule has 0 bridgehead atoms. The molecule has 0 saturated carbocycles. The fourth-order valence-corrected chi connectivity index (χ4v) is 2.61. The van der Waals surface area contributed by atoms with Gasteiger partial charge in [-0.15, -0.1) is 0 Å². The molecule has 0 fully saturated rings. The second-order valence-corrected chi connectivity index (χ2v) is 5.56. The molecule has 0 aromatic heterocycles. The highest BCUT2D eigenvalue weighted by Crippen LogP contribution is 2.31. The third-order valence-corrected chi connectivity index (χ3v) is 3.78. The van der Waals surface area contributed by atoms with Gasteiger partial charge in [-0.3, -0.25) is 9.59 Å². The quantitative estimate of drug-likeness (QED) is 0.809. The number of fused-ring (bicyclic) bond motifs is 1. The Hall–Kier alpha value is -2.36. The van der Waals surface area contributed by atoms with Crippen LogP contribution in [0.1, 0.15) is 60.2 Å². The van der Waals surface area contributed by atoms with Crippen LogP contribution < -0.4 is 0 Å². The molecule has 0 atom stereocenters. The molecule has 1 aromatic rings. The minimum Gasteiger partial charge on any atom is -0.300 e. The number of allylic oxidation sites excluding steroid dienone is 2. The van der Waals surface area contributed by atoms with Crippen LogP contribution >= 0.6 is 0 Å². The van der Waals surface area contributed by atoms with Crippen LogP contribution in [-0.2, 0) is 9.59 Å². The summed E-state index contributed by atoms with van der Waals surface area (Å²) < 4.78 is 0. The van der Waals surface area contributed by atoms with Gasteiger partial charge in [0.2, 0.25) is 0 Å². The zero-order valence-electron chi connectivity index (χ0n) is 12.8. The first-order chi connectivity index (χ1) is 10.4. The number of benzene rings is 1. The molecule has 0 radical (unpaired) electrons. The summed E-state index contributed by atoms with van der Waals surface area (Å²) in [6.45, 7) is 2.91. The van der Waals surface area contributed by atoms with E-state index in [1.807, 2.05) is 0 Å². The van der Waals surface area contributed by atoms with E-state index in [9.17, 15) is 19.2 Å². The average molecular weight is 298 g/mol. The second-order valence-electron chi connectivity index (χ2n) is 5.56. The number of rotatable bonds is 6. The van der Waals surface area contributed by atoms with Crippen molar-refractivity contribution in [3.63, 3.8) is 0 Å². The maximum Gasteiger partial charge on any atom is 0.190 e. The fourth-order valence-electron chi connectivity index (χ4n) is 2.61. The van der Waals surface area contributed by atoms with Gasteiger partial charge in [0, 0.05) is 35.1 Å². The Labute approximate surface area is 129 Å². The van der Waals surface area contributed by atoms with Crippen LogP contribution in [0.3, 0.4) is 0 Å². The lowest BCUT2D eigenvalue weighted by Crippen LogP contribution is -2.23. The molecular weight excluding hydrogens is 280 g/mol. The van der Waals surface area contributed by atoms with Gasteiger partial charge in [-0.1, -0.05) is 24.3 Å². The monoisotopic (exact) mass is 298 g/mol. The van der Waals surface area contributed by atoms with E-state index in [0.717, 1.165) is 0 Å². The van der Waals surface area contributed by atoms with Crippen molar-refractivity contribution in [1.29, 1.82) is 0 Å². The Balaban J connectivity index is 2.44. The summed E-state index contributed by atoms with van der Waals surface area (Å²) in [5.41, 5.74) is 1.55. The van der Waals surface area contributed by atoms with Crippen LogP contribution in [-0.4, -0.2) is 23.1 Å². The largest absolute Gasteiger partial charge is 0.300 e. The third-order valence-electron chi connectivity index (χ3n) is 3.78. The molecule has 0 saturated heterocycles. The van der Waals surface area contributed by atoms with E-state index in [1.54, 1.807) is 24.3 Å². The van der Waals surface area contributed by atoms with Crippen molar-refractivity contribution in [2.75, 3.05) is 0 Å². The molecule has 4 nitrogen and oxygen atoms in total. The zero-order chi connectivity index (χ0) is 16.3. The van der Waals surface area contributed by atoms with E-state index >= 15 is 0 Å². The normalized spacial score (nSPS) is 14.1. The molecule has 0 aliphatic heterocycles. The average Bonchev–Trinajstić information content (AvgIpc) is 2.48. The maximum atomic E-state index is 12.6. The fraction of sp³-hybridized carbons (Fsp3) is 0.333. The number of carbonyl (C=O) groups excluding carboxylic acids is 4. The van der Waals surface area contributed by atoms with Crippen LogP contribution in [0, 0.1) is 0 Å². The van der Waals surface area contributed by atoms with E-state index in [1.165, 1.54) is 13.8 Å². The Morgan fingerprint density at radius 1 is 0.773 bits per heavy atom. The molecule has 1 aromatic carbocycles. The van der Waals surface area contributed by atoms with E-state index in [4.69, 9.17) is 0 Å². The van der Waals surface area contributed by atoms with Gasteiger partial charge in [-0.25, -0.2) is 0 Å². The Bertz CT molecular complexity index is 636. The molecular formula is C18H18O4. The molecule has 0 N–H and O–H groups in total. The molecule has 0 unspecified atom stereocenters. The number of Topliss-reactive ketones (excluding diaryl/α,β-unsaturated/α-hetero) is 4. The summed E-state index contributed by atoms with van der Waals surface area (Å²) in [7, 11) is 0. The van der Waals surface area contributed by atoms with E-state index in [0.29, 0.717) is 22.3 Å². The molecule has 1 aliphatic rings. The van der Waals surface area contributed by atoms with Crippen LogP contribution in [0.25, 0.3) is 0 Å². The van der Waals surface area contributed by atoms with Crippen molar-refractivity contribution in [3.8, 4) is 0 Å². The van der Waals surface area contributed by atoms with Crippen molar-refractivity contribution in [3.05, 3.63) is 46.5 Å². The number of hydrogen-bond donors (Lipinski definition) is 0. The Kier molecular flexibility index (Phi) is 4.81. The first-order valence-corrected chi connectivity index (χ1v) is 7.31. The van der Waals surface area contributed by atoms with Crippen molar-refractivity contribution in [2.45, 2.75) is 39.5 Å². The predicted molar refractivity (Wildman–Crippen MR) is 82.0 cm³/mol. The van der Waals surface area contributed by atoms with Crippen molar-refractivity contribution in [1.82, 2.24) is 0 Å². The summed E-state index contributed by atoms with van der Waals surface area (Å²) in [4.78, 5) is 47.7. The molecule has 114 valence electrons. The van der Waals surface area contributed by atoms with E-state index in [2.05, 4.69) is 0 Å². The molecule has 4 heteroatoms. The Morgan fingerprint density at radius 2 is 1.14 bits per heavy atom. The van der Waals surface area contributed by atoms with Crippen molar-refractivity contribution < 1.29 is 19.2 Å². The van der Waals surface area contributed by atoms with Gasteiger partial charge in [0.05, 0.1) is 0 Å². The first kappa shape index (κ1) is 16.0. The smallest absolute Gasteiger partial charge is 0.190 e. The predicted octanol–water partition coefficient (Wildman–Crippen LogP) is 3.10. The standard InChI is InChI=1S/C18H18O4/c1-11(19)7-9-15-16(10-8-12(2)20)18(22)14-6-4-3-5-13(14)17(15)21/h3-6H,7-10H2,1-2H3. The van der Waals surface area contributed by atoms with Crippen LogP contribution in [0.4, 0.5) is 0 Å². The van der Waals surface area contributed by atoms with Crippen LogP contribution in [0.15, 0.2) is 35.4 Å². The summed E-state index contributed by atoms with van der Waals surface area (Å²) in [6.07, 6.45) is 0.948. The molecule has 1 aliphatic carbocycles. The second kappa shape index (κ2) is 6.60. The van der Waals surface area contributed by atoms with E-state index < -0.39 is 0 Å². The third kappa shape index (κ3) is 3.27. The number of carbonyl (C=O) groups is 4. The van der Waals surface area contributed by atoms with Crippen molar-refractivity contribution >= 4 is 23.1 Å². The number of ketones is 4.